The van der Waals surface area contributed by atoms with Crippen LogP contribution in [0.1, 0.15) is 18.9 Å². The van der Waals surface area contributed by atoms with E-state index in [9.17, 15) is 5.11 Å². The van der Waals surface area contributed by atoms with Crippen molar-refractivity contribution in [1.82, 2.24) is 4.98 Å². The predicted molar refractivity (Wildman–Crippen MR) is 52.0 cm³/mol. The second kappa shape index (κ2) is 5.34. The van der Waals surface area contributed by atoms with Crippen molar-refractivity contribution in [2.75, 3.05) is 0 Å². The molecule has 0 amide bonds. The van der Waals surface area contributed by atoms with Gasteiger partial charge in [-0.25, -0.2) is 0 Å². The van der Waals surface area contributed by atoms with Gasteiger partial charge in [0.05, 0.1) is 6.10 Å². The zero-order valence-corrected chi connectivity index (χ0v) is 7.70. The zero-order chi connectivity index (χ0) is 9.52. The fraction of sp³-hybridized carbons (Fsp3) is 0.364. The summed E-state index contributed by atoms with van der Waals surface area (Å²) in [5.74, 6) is 5.61. The molecule has 0 aliphatic rings. The molecule has 1 rings (SSSR count). The Morgan fingerprint density at radius 1 is 1.46 bits per heavy atom. The normalized spacial score (nSPS) is 11.5. The Morgan fingerprint density at radius 2 is 2.15 bits per heavy atom. The fourth-order valence-electron chi connectivity index (χ4n) is 1.08. The first-order valence-corrected chi connectivity index (χ1v) is 4.29. The minimum atomic E-state index is -0.366. The molecule has 1 aromatic rings. The van der Waals surface area contributed by atoms with Gasteiger partial charge in [-0.05, 0) is 31.0 Å². The van der Waals surface area contributed by atoms with Gasteiger partial charge >= 0.3 is 0 Å². The number of aliphatic hydroxyl groups is 1. The van der Waals surface area contributed by atoms with Crippen molar-refractivity contribution >= 4 is 0 Å². The molecule has 0 fully saturated rings. The number of pyridine rings is 1. The predicted octanol–water partition coefficient (Wildman–Crippen LogP) is 1.40. The van der Waals surface area contributed by atoms with Crippen molar-refractivity contribution in [1.29, 1.82) is 0 Å². The summed E-state index contributed by atoms with van der Waals surface area (Å²) in [5.41, 5.74) is 1.10. The lowest BCUT2D eigenvalue weighted by atomic mass is 10.1. The molecule has 0 aliphatic carbocycles. The Balaban J connectivity index is 2.44. The van der Waals surface area contributed by atoms with E-state index in [2.05, 4.69) is 16.8 Å². The minimum Gasteiger partial charge on any atom is -0.392 e. The highest BCUT2D eigenvalue weighted by molar-refractivity contribution is 5.11. The third kappa shape index (κ3) is 3.73. The van der Waals surface area contributed by atoms with Crippen LogP contribution >= 0.6 is 0 Å². The molecule has 1 N–H and O–H groups in total. The standard InChI is InChI=1S/C11H13NO/c1-2-3-4-11(13)9-10-5-7-12-8-6-10/h5-8,11,13H,4,9H2,1H3. The van der Waals surface area contributed by atoms with Gasteiger partial charge in [0.1, 0.15) is 0 Å². The summed E-state index contributed by atoms with van der Waals surface area (Å²) in [6, 6.07) is 3.81. The molecular formula is C11H13NO. The molecule has 0 aromatic carbocycles. The zero-order valence-electron chi connectivity index (χ0n) is 7.70. The van der Waals surface area contributed by atoms with Crippen molar-refractivity contribution in [3.8, 4) is 11.8 Å². The molecule has 2 nitrogen and oxygen atoms in total. The summed E-state index contributed by atoms with van der Waals surface area (Å²) >= 11 is 0. The number of nitrogens with zero attached hydrogens (tertiary/aromatic N) is 1. The first-order chi connectivity index (χ1) is 6.33. The van der Waals surface area contributed by atoms with Gasteiger partial charge in [0.25, 0.3) is 0 Å². The summed E-state index contributed by atoms with van der Waals surface area (Å²) in [4.78, 5) is 3.91. The van der Waals surface area contributed by atoms with E-state index >= 15 is 0 Å². The Labute approximate surface area is 78.6 Å². The van der Waals surface area contributed by atoms with E-state index in [1.807, 2.05) is 12.1 Å². The molecule has 0 aliphatic heterocycles. The van der Waals surface area contributed by atoms with Crippen molar-refractivity contribution in [3.63, 3.8) is 0 Å². The number of hydrogen-bond acceptors (Lipinski definition) is 2. The van der Waals surface area contributed by atoms with Crippen LogP contribution in [0, 0.1) is 11.8 Å². The summed E-state index contributed by atoms with van der Waals surface area (Å²) < 4.78 is 0. The molecule has 1 heterocycles. The SMILES string of the molecule is CC#CCC(O)Cc1ccncc1. The van der Waals surface area contributed by atoms with E-state index < -0.39 is 0 Å². The number of rotatable bonds is 3. The highest BCUT2D eigenvalue weighted by Crippen LogP contribution is 2.03. The molecule has 68 valence electrons. The van der Waals surface area contributed by atoms with Crippen LogP contribution < -0.4 is 0 Å². The van der Waals surface area contributed by atoms with E-state index in [0.29, 0.717) is 12.8 Å². The van der Waals surface area contributed by atoms with Gasteiger partial charge in [-0.1, -0.05) is 0 Å². The first kappa shape index (κ1) is 9.76. The molecule has 13 heavy (non-hydrogen) atoms. The molecule has 1 unspecified atom stereocenters. The average Bonchev–Trinajstić information content (AvgIpc) is 2.16. The van der Waals surface area contributed by atoms with Crippen LogP contribution in [0.25, 0.3) is 0 Å². The molecule has 1 atom stereocenters. The Morgan fingerprint density at radius 3 is 2.77 bits per heavy atom. The summed E-state index contributed by atoms with van der Waals surface area (Å²) in [6.45, 7) is 1.78. The van der Waals surface area contributed by atoms with Crippen molar-refractivity contribution in [2.45, 2.75) is 25.9 Å². The third-order valence-electron chi connectivity index (χ3n) is 1.74. The highest BCUT2D eigenvalue weighted by atomic mass is 16.3. The largest absolute Gasteiger partial charge is 0.392 e. The Hall–Kier alpha value is -1.33. The maximum absolute atomic E-state index is 9.51. The van der Waals surface area contributed by atoms with Gasteiger partial charge in [-0.3, -0.25) is 4.98 Å². The second-order valence-corrected chi connectivity index (χ2v) is 2.84. The molecule has 0 bridgehead atoms. The quantitative estimate of drug-likeness (QED) is 0.704. The third-order valence-corrected chi connectivity index (χ3v) is 1.74. The molecular weight excluding hydrogens is 162 g/mol. The average molecular weight is 175 g/mol. The van der Waals surface area contributed by atoms with Gasteiger partial charge in [-0.2, -0.15) is 0 Å². The van der Waals surface area contributed by atoms with Crippen LogP contribution in [0.15, 0.2) is 24.5 Å². The Kier molecular flexibility index (Phi) is 4.01. The van der Waals surface area contributed by atoms with E-state index in [4.69, 9.17) is 0 Å². The molecule has 0 saturated heterocycles. The summed E-state index contributed by atoms with van der Waals surface area (Å²) in [7, 11) is 0. The first-order valence-electron chi connectivity index (χ1n) is 4.29. The van der Waals surface area contributed by atoms with Crippen LogP contribution in [0.5, 0.6) is 0 Å². The lowest BCUT2D eigenvalue weighted by molar-refractivity contribution is 0.180. The number of aromatic nitrogens is 1. The maximum atomic E-state index is 9.51. The van der Waals surface area contributed by atoms with Gasteiger partial charge < -0.3 is 5.11 Å². The van der Waals surface area contributed by atoms with Crippen molar-refractivity contribution in [3.05, 3.63) is 30.1 Å². The van der Waals surface area contributed by atoms with Gasteiger partial charge in [-0.15, -0.1) is 11.8 Å². The molecule has 0 spiro atoms. The van der Waals surface area contributed by atoms with Crippen LogP contribution in [0.3, 0.4) is 0 Å². The van der Waals surface area contributed by atoms with Crippen LogP contribution in [-0.4, -0.2) is 16.2 Å². The smallest absolute Gasteiger partial charge is 0.0689 e. The molecule has 0 saturated carbocycles. The van der Waals surface area contributed by atoms with E-state index in [0.717, 1.165) is 5.56 Å². The monoisotopic (exact) mass is 175 g/mol. The van der Waals surface area contributed by atoms with Gasteiger partial charge in [0.2, 0.25) is 0 Å². The topological polar surface area (TPSA) is 33.1 Å². The lowest BCUT2D eigenvalue weighted by Gasteiger charge is -2.05. The molecule has 1 aromatic heterocycles. The lowest BCUT2D eigenvalue weighted by Crippen LogP contribution is -2.08. The van der Waals surface area contributed by atoms with Crippen molar-refractivity contribution in [2.24, 2.45) is 0 Å². The van der Waals surface area contributed by atoms with E-state index in [-0.39, 0.29) is 6.10 Å². The van der Waals surface area contributed by atoms with Gasteiger partial charge in [0, 0.05) is 18.8 Å². The molecule has 0 radical (unpaired) electrons. The number of aliphatic hydroxyl groups excluding tert-OH is 1. The van der Waals surface area contributed by atoms with E-state index in [1.54, 1.807) is 19.3 Å². The second-order valence-electron chi connectivity index (χ2n) is 2.84. The Bertz CT molecular complexity index is 297. The van der Waals surface area contributed by atoms with Crippen molar-refractivity contribution < 1.29 is 5.11 Å². The molecule has 2 heteroatoms. The minimum absolute atomic E-state index is 0.366. The van der Waals surface area contributed by atoms with Crippen LogP contribution in [0.4, 0.5) is 0 Å². The van der Waals surface area contributed by atoms with Crippen LogP contribution in [-0.2, 0) is 6.42 Å². The van der Waals surface area contributed by atoms with E-state index in [1.165, 1.54) is 0 Å². The highest BCUT2D eigenvalue weighted by Gasteiger charge is 2.02. The van der Waals surface area contributed by atoms with Gasteiger partial charge in [0.15, 0.2) is 0 Å². The summed E-state index contributed by atoms with van der Waals surface area (Å²) in [5, 5.41) is 9.51. The van der Waals surface area contributed by atoms with Crippen LogP contribution in [0.2, 0.25) is 0 Å². The maximum Gasteiger partial charge on any atom is 0.0689 e. The summed E-state index contributed by atoms with van der Waals surface area (Å²) in [6.07, 6.45) is 4.28. The fourth-order valence-corrected chi connectivity index (χ4v) is 1.08. The number of hydrogen-bond donors (Lipinski definition) is 1.